The van der Waals surface area contributed by atoms with Gasteiger partial charge in [-0.25, -0.2) is 9.55 Å². The van der Waals surface area contributed by atoms with E-state index in [2.05, 4.69) is 143 Å². The molecule has 3 atom stereocenters. The molecular weight excluding hydrogens is 574 g/mol. The second-order valence-corrected chi connectivity index (χ2v) is 14.7. The molecule has 3 aromatic heterocycles. The molecule has 246 valence electrons. The predicted molar refractivity (Wildman–Crippen MR) is 196 cm³/mol. The van der Waals surface area contributed by atoms with E-state index in [-0.39, 0.29) is 16.9 Å². The van der Waals surface area contributed by atoms with Crippen LogP contribution in [-0.2, 0) is 25.6 Å². The Hall–Kier alpha value is -3.99. The average Bonchev–Trinajstić information content (AvgIpc) is 3.77. The van der Waals surface area contributed by atoms with Gasteiger partial charge >= 0.3 is 11.3 Å². The summed E-state index contributed by atoms with van der Waals surface area (Å²) in [5.74, 6) is 1.70. The Morgan fingerprint density at radius 2 is 1.79 bits per heavy atom. The lowest BCUT2D eigenvalue weighted by Crippen LogP contribution is -2.56. The summed E-state index contributed by atoms with van der Waals surface area (Å²) < 4.78 is 10.1. The highest BCUT2D eigenvalue weighted by molar-refractivity contribution is 5.84. The fourth-order valence-corrected chi connectivity index (χ4v) is 9.10. The second-order valence-electron chi connectivity index (χ2n) is 14.7. The Kier molecular flexibility index (Phi) is 8.13. The first-order valence-corrected chi connectivity index (χ1v) is 17.7. The van der Waals surface area contributed by atoms with Crippen LogP contribution in [0, 0.1) is 11.3 Å². The van der Waals surface area contributed by atoms with Gasteiger partial charge in [0.25, 0.3) is 0 Å². The van der Waals surface area contributed by atoms with Crippen molar-refractivity contribution < 1.29 is 8.97 Å². The summed E-state index contributed by atoms with van der Waals surface area (Å²) in [5, 5.41) is 0. The maximum atomic E-state index is 4.82. The number of aryl methyl sites for hydroxylation is 1. The third-order valence-electron chi connectivity index (χ3n) is 11.7. The lowest BCUT2D eigenvalue weighted by Gasteiger charge is -2.48. The van der Waals surface area contributed by atoms with E-state index in [1.807, 2.05) is 26.2 Å². The molecule has 0 amide bonds. The van der Waals surface area contributed by atoms with Crippen LogP contribution in [0.4, 0.5) is 0 Å². The molecule has 1 aromatic carbocycles. The maximum absolute atomic E-state index is 4.82. The second kappa shape index (κ2) is 11.6. The first kappa shape index (κ1) is 32.9. The molecule has 47 heavy (non-hydrogen) atoms. The van der Waals surface area contributed by atoms with Gasteiger partial charge in [0.05, 0.1) is 0 Å². The number of nitrogens with zero attached hydrogens (tertiary/aromatic N) is 5. The zero-order chi connectivity index (χ0) is 34.2. The molecule has 0 radical (unpaired) electrons. The predicted octanol–water partition coefficient (Wildman–Crippen LogP) is 9.25. The van der Waals surface area contributed by atoms with Crippen molar-refractivity contribution in [2.24, 2.45) is 18.4 Å². The average molecular weight is 630 g/mol. The highest BCUT2D eigenvalue weighted by Crippen LogP contribution is 2.60. The van der Waals surface area contributed by atoms with Gasteiger partial charge in [0.1, 0.15) is 17.6 Å². The van der Waals surface area contributed by atoms with E-state index < -0.39 is 0 Å². The number of imidazole rings is 2. The smallest absolute Gasteiger partial charge is 0.334 e. The monoisotopic (exact) mass is 629 g/mol. The van der Waals surface area contributed by atoms with Crippen LogP contribution >= 0.6 is 0 Å². The lowest BCUT2D eigenvalue weighted by atomic mass is 9.59. The molecule has 5 heteroatoms. The first-order valence-electron chi connectivity index (χ1n) is 17.7. The Bertz CT molecular complexity index is 2030. The van der Waals surface area contributed by atoms with E-state index in [0.717, 1.165) is 18.8 Å². The summed E-state index contributed by atoms with van der Waals surface area (Å²) in [6.45, 7) is 28.6. The van der Waals surface area contributed by atoms with Crippen molar-refractivity contribution in [2.75, 3.05) is 0 Å². The van der Waals surface area contributed by atoms with Gasteiger partial charge in [-0.15, -0.1) is 0 Å². The molecule has 1 unspecified atom stereocenters. The van der Waals surface area contributed by atoms with Crippen molar-refractivity contribution in [2.45, 2.75) is 108 Å². The van der Waals surface area contributed by atoms with Gasteiger partial charge < -0.3 is 4.57 Å². The molecule has 0 saturated heterocycles. The minimum atomic E-state index is -0.318. The van der Waals surface area contributed by atoms with Crippen LogP contribution < -0.4 is 8.97 Å². The third kappa shape index (κ3) is 4.44. The summed E-state index contributed by atoms with van der Waals surface area (Å²) >= 11 is 0. The Morgan fingerprint density at radius 3 is 2.43 bits per heavy atom. The Balaban J connectivity index is 0.00000190. The van der Waals surface area contributed by atoms with Crippen molar-refractivity contribution in [3.63, 3.8) is 0 Å². The van der Waals surface area contributed by atoms with Crippen molar-refractivity contribution in [3.8, 4) is 11.4 Å². The largest absolute Gasteiger partial charge is 0.361 e. The van der Waals surface area contributed by atoms with Crippen molar-refractivity contribution in [3.05, 3.63) is 101 Å². The number of aromatic nitrogens is 5. The summed E-state index contributed by atoms with van der Waals surface area (Å²) in [5.41, 5.74) is 15.8. The topological polar surface area (TPSA) is 30.7 Å². The van der Waals surface area contributed by atoms with Gasteiger partial charge in [0.2, 0.25) is 11.4 Å². The zero-order valence-corrected chi connectivity index (χ0v) is 31.1. The van der Waals surface area contributed by atoms with Gasteiger partial charge in [-0.05, 0) is 70.2 Å². The minimum Gasteiger partial charge on any atom is -0.334 e. The van der Waals surface area contributed by atoms with Crippen LogP contribution in [0.3, 0.4) is 0 Å². The van der Waals surface area contributed by atoms with E-state index in [1.54, 1.807) is 0 Å². The number of hydrogen-bond acceptors (Lipinski definition) is 1. The number of allylic oxidation sites excluding steroid dienone is 8. The van der Waals surface area contributed by atoms with Crippen molar-refractivity contribution >= 4 is 22.4 Å². The lowest BCUT2D eigenvalue weighted by molar-refractivity contribution is -0.707. The van der Waals surface area contributed by atoms with Crippen LogP contribution in [0.5, 0.6) is 0 Å². The van der Waals surface area contributed by atoms with Crippen LogP contribution in [0.2, 0.25) is 0 Å². The van der Waals surface area contributed by atoms with E-state index in [4.69, 9.17) is 4.98 Å². The molecule has 4 aromatic rings. The van der Waals surface area contributed by atoms with Crippen LogP contribution in [0.25, 0.3) is 33.8 Å². The highest BCUT2D eigenvalue weighted by Gasteiger charge is 2.63. The number of hydrogen-bond donors (Lipinski definition) is 0. The number of fused-ring (bicyclic) bond motifs is 3. The Morgan fingerprint density at radius 1 is 1.09 bits per heavy atom. The van der Waals surface area contributed by atoms with Crippen LogP contribution in [0.1, 0.15) is 117 Å². The fourth-order valence-electron chi connectivity index (χ4n) is 9.10. The molecule has 0 fully saturated rings. The van der Waals surface area contributed by atoms with Gasteiger partial charge in [0, 0.05) is 53.9 Å². The molecule has 0 bridgehead atoms. The fraction of sp³-hybridized carbons (Fsp3) is 0.452. The highest BCUT2D eigenvalue weighted by atomic mass is 15.2. The van der Waals surface area contributed by atoms with E-state index in [9.17, 15) is 0 Å². The van der Waals surface area contributed by atoms with E-state index >= 15 is 0 Å². The molecule has 2 aliphatic heterocycles. The number of benzene rings is 1. The normalized spacial score (nSPS) is 21.5. The van der Waals surface area contributed by atoms with Gasteiger partial charge in [-0.1, -0.05) is 83.5 Å². The van der Waals surface area contributed by atoms with Gasteiger partial charge in [-0.2, -0.15) is 8.97 Å². The molecule has 0 spiro atoms. The molecule has 1 aliphatic carbocycles. The molecule has 0 N–H and O–H groups in total. The molecule has 0 saturated carbocycles. The van der Waals surface area contributed by atoms with E-state index in [1.165, 1.54) is 67.4 Å². The maximum Gasteiger partial charge on any atom is 0.361 e. The SMILES string of the molecule is C/C=C(/C)C(=C(C)C)c1c[n+]2c3c([n+]4c5c2n1[C@@](C)([C@@H](C)c1ccccc1-c1nccn1C)C(C)(C)C5=CC4)CC(C)C=C3C.CC. The van der Waals surface area contributed by atoms with Crippen molar-refractivity contribution in [1.29, 1.82) is 0 Å². The summed E-state index contributed by atoms with van der Waals surface area (Å²) in [7, 11) is 2.10. The molecule has 5 nitrogen and oxygen atoms in total. The molecule has 5 heterocycles. The standard InChI is InChI=1S/C40H49N5.C2H6/c1-12-26(5)34(24(2)3)33-23-44-35-27(6)21-25(4)22-32(35)43-19-17-31-36(43)38(44)45(33)40(10,39(31,8)9)28(7)29-15-13-14-16-30(29)37-41-18-20-42(37)11;1-2/h12-18,20-21,23,25,28H,19,22H2,1-11H3;1-2H3/q+2;/b26-12-;/t25?,28-,40-;/m0./s1. The Labute approximate surface area is 282 Å². The van der Waals surface area contributed by atoms with Crippen LogP contribution in [0.15, 0.2) is 72.2 Å². The molecule has 3 aliphatic rings. The summed E-state index contributed by atoms with van der Waals surface area (Å²) in [6.07, 6.45) is 14.8. The molecular formula is C42H55N5+2. The van der Waals surface area contributed by atoms with Gasteiger partial charge in [0.15, 0.2) is 12.2 Å². The van der Waals surface area contributed by atoms with Crippen molar-refractivity contribution in [1.82, 2.24) is 14.1 Å². The summed E-state index contributed by atoms with van der Waals surface area (Å²) in [6, 6.07) is 8.94. The quantitative estimate of drug-likeness (QED) is 0.160. The molecule has 7 rings (SSSR count). The number of rotatable bonds is 5. The minimum absolute atomic E-state index is 0.162. The summed E-state index contributed by atoms with van der Waals surface area (Å²) in [4.78, 5) is 4.82. The third-order valence-corrected chi connectivity index (χ3v) is 11.7. The van der Waals surface area contributed by atoms with Gasteiger partial charge in [-0.3, -0.25) is 0 Å². The zero-order valence-electron chi connectivity index (χ0n) is 31.1. The first-order chi connectivity index (χ1) is 22.3. The van der Waals surface area contributed by atoms with Crippen LogP contribution in [-0.4, -0.2) is 14.1 Å². The van der Waals surface area contributed by atoms with E-state index in [0.29, 0.717) is 5.92 Å².